The van der Waals surface area contributed by atoms with Crippen molar-refractivity contribution in [2.24, 2.45) is 11.8 Å². The fourth-order valence-electron chi connectivity index (χ4n) is 4.68. The minimum atomic E-state index is -0.419. The number of hydrogen-bond acceptors (Lipinski definition) is 4. The smallest absolute Gasteiger partial charge is 0.339 e. The summed E-state index contributed by atoms with van der Waals surface area (Å²) < 4.78 is 5.45. The average Bonchev–Trinajstić information content (AvgIpc) is 3.15. The number of aryl methyl sites for hydroxylation is 1. The summed E-state index contributed by atoms with van der Waals surface area (Å²) in [4.78, 5) is 30.0. The van der Waals surface area contributed by atoms with Crippen LogP contribution < -0.4 is 5.32 Å². The van der Waals surface area contributed by atoms with Crippen molar-refractivity contribution in [2.45, 2.75) is 58.4 Å². The van der Waals surface area contributed by atoms with Crippen molar-refractivity contribution in [2.75, 3.05) is 6.61 Å². The number of benzene rings is 1. The van der Waals surface area contributed by atoms with E-state index in [9.17, 15) is 9.59 Å². The number of aromatic nitrogens is 1. The Bertz CT molecular complexity index is 908. The molecule has 28 heavy (non-hydrogen) atoms. The Kier molecular flexibility index (Phi) is 5.33. The van der Waals surface area contributed by atoms with Gasteiger partial charge in [-0.15, -0.1) is 0 Å². The summed E-state index contributed by atoms with van der Waals surface area (Å²) in [6.45, 7) is 4.19. The fraction of sp³-hybridized carbons (Fsp3) is 0.522. The third-order valence-electron chi connectivity index (χ3n) is 6.51. The van der Waals surface area contributed by atoms with Gasteiger partial charge in [0, 0.05) is 17.1 Å². The molecule has 1 amide bonds. The zero-order valence-electron chi connectivity index (χ0n) is 16.7. The lowest BCUT2D eigenvalue weighted by Crippen LogP contribution is -2.45. The molecule has 4 rings (SSSR count). The molecule has 1 aromatic carbocycles. The van der Waals surface area contributed by atoms with Crippen molar-refractivity contribution in [1.82, 2.24) is 10.3 Å². The van der Waals surface area contributed by atoms with Gasteiger partial charge in [0.25, 0.3) is 5.91 Å². The van der Waals surface area contributed by atoms with Crippen molar-refractivity contribution < 1.29 is 14.3 Å². The number of carbonyl (C=O) groups excluding carboxylic acids is 2. The number of hydrogen-bond donors (Lipinski definition) is 1. The predicted octanol–water partition coefficient (Wildman–Crippen LogP) is 3.82. The Morgan fingerprint density at radius 2 is 1.96 bits per heavy atom. The maximum absolute atomic E-state index is 12.9. The minimum absolute atomic E-state index is 0.168. The van der Waals surface area contributed by atoms with E-state index in [-0.39, 0.29) is 18.6 Å². The van der Waals surface area contributed by atoms with E-state index in [0.29, 0.717) is 17.4 Å². The van der Waals surface area contributed by atoms with Crippen LogP contribution >= 0.6 is 0 Å². The highest BCUT2D eigenvalue weighted by atomic mass is 16.5. The van der Waals surface area contributed by atoms with E-state index in [1.165, 1.54) is 6.42 Å². The van der Waals surface area contributed by atoms with E-state index in [1.807, 2.05) is 24.3 Å². The zero-order chi connectivity index (χ0) is 19.7. The van der Waals surface area contributed by atoms with Gasteiger partial charge in [0.05, 0.1) is 11.1 Å². The standard InChI is InChI=1S/C23H28N2O3/c1-14-7-5-11-18(15(14)2)25-21(26)13-28-23(27)22-16-8-3-4-10-19(16)24-20-12-6-9-17(20)22/h3-4,8,10,14-15,18H,5-7,9,11-13H2,1-2H3,(H,25,26)/t14-,15+,18-/m0/s1. The number of ether oxygens (including phenoxy) is 1. The molecule has 0 aliphatic heterocycles. The Hall–Kier alpha value is -2.43. The van der Waals surface area contributed by atoms with E-state index in [2.05, 4.69) is 19.2 Å². The quantitative estimate of drug-likeness (QED) is 0.819. The lowest BCUT2D eigenvalue weighted by atomic mass is 9.78. The van der Waals surface area contributed by atoms with E-state index in [4.69, 9.17) is 9.72 Å². The maximum atomic E-state index is 12.9. The Balaban J connectivity index is 1.47. The zero-order valence-corrected chi connectivity index (χ0v) is 16.7. The molecule has 1 fully saturated rings. The van der Waals surface area contributed by atoms with E-state index in [0.717, 1.165) is 54.3 Å². The number of para-hydroxylation sites is 1. The number of rotatable bonds is 4. The van der Waals surface area contributed by atoms with Gasteiger partial charge < -0.3 is 10.1 Å². The number of fused-ring (bicyclic) bond motifs is 2. The molecule has 2 aromatic rings. The first-order chi connectivity index (χ1) is 13.5. The maximum Gasteiger partial charge on any atom is 0.339 e. The third-order valence-corrected chi connectivity index (χ3v) is 6.51. The van der Waals surface area contributed by atoms with Crippen molar-refractivity contribution in [1.29, 1.82) is 0 Å². The highest BCUT2D eigenvalue weighted by molar-refractivity contribution is 6.05. The van der Waals surface area contributed by atoms with Crippen LogP contribution in [0.15, 0.2) is 24.3 Å². The van der Waals surface area contributed by atoms with Crippen LogP contribution in [0.25, 0.3) is 10.9 Å². The molecule has 0 bridgehead atoms. The molecule has 5 heteroatoms. The second-order valence-corrected chi connectivity index (χ2v) is 8.30. The highest BCUT2D eigenvalue weighted by Crippen LogP contribution is 2.31. The molecule has 2 aliphatic carbocycles. The molecule has 1 heterocycles. The van der Waals surface area contributed by atoms with Crippen LogP contribution in [-0.4, -0.2) is 29.5 Å². The molecule has 0 saturated heterocycles. The van der Waals surface area contributed by atoms with E-state index >= 15 is 0 Å². The normalized spacial score (nSPS) is 24.0. The van der Waals surface area contributed by atoms with Crippen LogP contribution in [0.1, 0.15) is 61.1 Å². The van der Waals surface area contributed by atoms with Crippen LogP contribution in [0.5, 0.6) is 0 Å². The van der Waals surface area contributed by atoms with Crippen molar-refractivity contribution in [3.63, 3.8) is 0 Å². The summed E-state index contributed by atoms with van der Waals surface area (Å²) >= 11 is 0. The summed E-state index contributed by atoms with van der Waals surface area (Å²) in [5.41, 5.74) is 3.37. The lowest BCUT2D eigenvalue weighted by molar-refractivity contribution is -0.125. The van der Waals surface area contributed by atoms with E-state index in [1.54, 1.807) is 0 Å². The second kappa shape index (κ2) is 7.90. The Morgan fingerprint density at radius 1 is 1.14 bits per heavy atom. The summed E-state index contributed by atoms with van der Waals surface area (Å²) in [5, 5.41) is 3.88. The van der Waals surface area contributed by atoms with Crippen LogP contribution in [0.3, 0.4) is 0 Å². The first-order valence-corrected chi connectivity index (χ1v) is 10.4. The molecule has 1 aromatic heterocycles. The van der Waals surface area contributed by atoms with Crippen molar-refractivity contribution in [3.05, 3.63) is 41.1 Å². The average molecular weight is 380 g/mol. The summed E-state index contributed by atoms with van der Waals surface area (Å²) in [6.07, 6.45) is 6.05. The number of amides is 1. The van der Waals surface area contributed by atoms with Crippen LogP contribution in [0.4, 0.5) is 0 Å². The molecule has 3 atom stereocenters. The molecule has 0 radical (unpaired) electrons. The largest absolute Gasteiger partial charge is 0.452 e. The van der Waals surface area contributed by atoms with Gasteiger partial charge in [-0.2, -0.15) is 0 Å². The molecular weight excluding hydrogens is 352 g/mol. The van der Waals surface area contributed by atoms with Gasteiger partial charge >= 0.3 is 5.97 Å². The molecular formula is C23H28N2O3. The van der Waals surface area contributed by atoms with Crippen molar-refractivity contribution >= 4 is 22.8 Å². The molecule has 148 valence electrons. The Morgan fingerprint density at radius 3 is 2.82 bits per heavy atom. The lowest BCUT2D eigenvalue weighted by Gasteiger charge is -2.34. The van der Waals surface area contributed by atoms with Crippen LogP contribution in [0, 0.1) is 11.8 Å². The molecule has 2 aliphatic rings. The van der Waals surface area contributed by atoms with Gasteiger partial charge in [-0.25, -0.2) is 4.79 Å². The first kappa shape index (κ1) is 18.9. The molecule has 0 unspecified atom stereocenters. The fourth-order valence-corrected chi connectivity index (χ4v) is 4.68. The van der Waals surface area contributed by atoms with Gasteiger partial charge in [0.1, 0.15) is 0 Å². The monoisotopic (exact) mass is 380 g/mol. The topological polar surface area (TPSA) is 68.3 Å². The second-order valence-electron chi connectivity index (χ2n) is 8.30. The van der Waals surface area contributed by atoms with Crippen molar-refractivity contribution in [3.8, 4) is 0 Å². The molecule has 0 spiro atoms. The number of esters is 1. The van der Waals surface area contributed by atoms with Gasteiger partial charge in [-0.3, -0.25) is 9.78 Å². The van der Waals surface area contributed by atoms with Gasteiger partial charge in [-0.1, -0.05) is 44.9 Å². The van der Waals surface area contributed by atoms with Crippen LogP contribution in [0.2, 0.25) is 0 Å². The number of carbonyl (C=O) groups is 2. The first-order valence-electron chi connectivity index (χ1n) is 10.4. The molecule has 1 saturated carbocycles. The number of nitrogens with one attached hydrogen (secondary N) is 1. The predicted molar refractivity (Wildman–Crippen MR) is 108 cm³/mol. The highest BCUT2D eigenvalue weighted by Gasteiger charge is 2.29. The molecule has 1 N–H and O–H groups in total. The van der Waals surface area contributed by atoms with Crippen LogP contribution in [-0.2, 0) is 22.4 Å². The van der Waals surface area contributed by atoms with Gasteiger partial charge in [0.2, 0.25) is 0 Å². The number of pyridine rings is 1. The molecule has 5 nitrogen and oxygen atoms in total. The summed E-state index contributed by atoms with van der Waals surface area (Å²) in [6, 6.07) is 7.82. The summed E-state index contributed by atoms with van der Waals surface area (Å²) in [5.74, 6) is 0.416. The SMILES string of the molecule is C[C@H]1[C@@H](NC(=O)COC(=O)c2c3c(nc4ccccc24)CCC3)CCC[C@@H]1C. The minimum Gasteiger partial charge on any atom is -0.452 e. The number of nitrogens with zero attached hydrogens (tertiary/aromatic N) is 1. The van der Waals surface area contributed by atoms with Gasteiger partial charge in [-0.05, 0) is 49.1 Å². The third kappa shape index (κ3) is 3.62. The summed E-state index contributed by atoms with van der Waals surface area (Å²) in [7, 11) is 0. The van der Waals surface area contributed by atoms with E-state index < -0.39 is 5.97 Å². The van der Waals surface area contributed by atoms with Gasteiger partial charge in [0.15, 0.2) is 6.61 Å². The Labute approximate surface area is 165 Å².